The van der Waals surface area contributed by atoms with Crippen LogP contribution in [0.1, 0.15) is 25.3 Å². The molecule has 1 aromatic heterocycles. The van der Waals surface area contributed by atoms with Crippen LogP contribution in [-0.2, 0) is 6.54 Å². The molecule has 1 aromatic carbocycles. The van der Waals surface area contributed by atoms with E-state index in [1.165, 1.54) is 17.7 Å². The Bertz CT molecular complexity index is 669. The van der Waals surface area contributed by atoms with E-state index in [2.05, 4.69) is 6.92 Å². The summed E-state index contributed by atoms with van der Waals surface area (Å²) in [6.07, 6.45) is 2.47. The molecule has 0 atom stereocenters. The highest BCUT2D eigenvalue weighted by atomic mass is 16.4. The molecule has 0 spiro atoms. The largest absolute Gasteiger partial charge is 0.508 e. The van der Waals surface area contributed by atoms with Crippen LogP contribution < -0.4 is 10.5 Å². The number of likely N-dealkylation sites (tertiary alicyclic amines) is 1. The first-order valence-corrected chi connectivity index (χ1v) is 7.21. The Kier molecular flexibility index (Phi) is 3.49. The highest BCUT2D eigenvalue weighted by molar-refractivity contribution is 5.81. The number of rotatable bonds is 2. The number of benzene rings is 1. The first-order valence-electron chi connectivity index (χ1n) is 7.21. The highest BCUT2D eigenvalue weighted by Crippen LogP contribution is 2.21. The van der Waals surface area contributed by atoms with Gasteiger partial charge in [-0.25, -0.2) is 4.79 Å². The Morgan fingerprint density at radius 2 is 2.05 bits per heavy atom. The normalized spacial score (nSPS) is 23.1. The molecule has 2 N–H and O–H groups in total. The number of phenolic OH excluding ortho intramolecular Hbond substituents is 1. The number of phenols is 1. The predicted octanol–water partition coefficient (Wildman–Crippen LogP) is 1.31. The van der Waals surface area contributed by atoms with Gasteiger partial charge in [0.15, 0.2) is 0 Å². The van der Waals surface area contributed by atoms with Crippen LogP contribution in [0, 0.1) is 5.92 Å². The first-order chi connectivity index (χ1) is 9.61. The number of nitrogens with one attached hydrogen (secondary N) is 1. The van der Waals surface area contributed by atoms with Gasteiger partial charge in [0.25, 0.3) is 0 Å². The molecule has 0 bridgehead atoms. The van der Waals surface area contributed by atoms with Crippen molar-refractivity contribution in [3.63, 3.8) is 0 Å². The summed E-state index contributed by atoms with van der Waals surface area (Å²) in [6, 6.07) is 6.44. The summed E-state index contributed by atoms with van der Waals surface area (Å²) in [6.45, 7) is 5.39. The summed E-state index contributed by atoms with van der Waals surface area (Å²) in [4.78, 5) is 13.1. The molecular weight excluding hydrogens is 254 g/mol. The van der Waals surface area contributed by atoms with E-state index < -0.39 is 0 Å². The number of hydrogen-bond acceptors (Lipinski definition) is 3. The molecule has 106 valence electrons. The van der Waals surface area contributed by atoms with Gasteiger partial charge < -0.3 is 14.4 Å². The van der Waals surface area contributed by atoms with Gasteiger partial charge in [0.1, 0.15) is 17.9 Å². The molecule has 1 saturated heterocycles. The summed E-state index contributed by atoms with van der Waals surface area (Å²) < 4.78 is 5.19. The third-order valence-electron chi connectivity index (χ3n) is 4.23. The Labute approximate surface area is 117 Å². The predicted molar refractivity (Wildman–Crippen MR) is 76.9 cm³/mol. The topological polar surface area (TPSA) is 54.9 Å². The maximum Gasteiger partial charge on any atom is 0.336 e. The molecule has 4 heteroatoms. The second kappa shape index (κ2) is 5.29. The van der Waals surface area contributed by atoms with Gasteiger partial charge in [-0.1, -0.05) is 6.92 Å². The number of hydrogen-bond donors (Lipinski definition) is 2. The van der Waals surface area contributed by atoms with Crippen molar-refractivity contribution in [2.24, 2.45) is 5.92 Å². The fraction of sp³-hybridized carbons (Fsp3) is 0.438. The number of fused-ring (bicyclic) bond motifs is 1. The van der Waals surface area contributed by atoms with Gasteiger partial charge in [0, 0.05) is 17.0 Å². The van der Waals surface area contributed by atoms with Gasteiger partial charge in [-0.05, 0) is 37.0 Å². The number of quaternary nitrogens is 1. The Balaban J connectivity index is 1.94. The van der Waals surface area contributed by atoms with Gasteiger partial charge >= 0.3 is 5.63 Å². The van der Waals surface area contributed by atoms with Crippen LogP contribution in [0.3, 0.4) is 0 Å². The highest BCUT2D eigenvalue weighted by Gasteiger charge is 2.20. The van der Waals surface area contributed by atoms with Crippen LogP contribution in [0.5, 0.6) is 5.75 Å². The summed E-state index contributed by atoms with van der Waals surface area (Å²) in [7, 11) is 0. The Morgan fingerprint density at radius 1 is 1.30 bits per heavy atom. The van der Waals surface area contributed by atoms with Crippen LogP contribution in [0.2, 0.25) is 0 Å². The van der Waals surface area contributed by atoms with E-state index in [1.807, 2.05) is 0 Å². The van der Waals surface area contributed by atoms with E-state index in [1.54, 1.807) is 24.3 Å². The minimum absolute atomic E-state index is 0.204. The van der Waals surface area contributed by atoms with Crippen molar-refractivity contribution in [2.45, 2.75) is 26.3 Å². The number of piperidine rings is 1. The smallest absolute Gasteiger partial charge is 0.336 e. The SMILES string of the molecule is CC1CC[NH+](Cc2cc(=O)oc3ccc(O)cc23)CC1. The van der Waals surface area contributed by atoms with E-state index in [4.69, 9.17) is 4.42 Å². The molecule has 0 aliphatic carbocycles. The summed E-state index contributed by atoms with van der Waals surface area (Å²) in [5, 5.41) is 10.5. The van der Waals surface area contributed by atoms with Crippen molar-refractivity contribution in [3.05, 3.63) is 40.2 Å². The molecule has 1 aliphatic heterocycles. The van der Waals surface area contributed by atoms with Crippen molar-refractivity contribution in [1.82, 2.24) is 0 Å². The van der Waals surface area contributed by atoms with Crippen LogP contribution in [0.15, 0.2) is 33.5 Å². The molecular formula is C16H20NO3+. The van der Waals surface area contributed by atoms with Gasteiger partial charge in [-0.2, -0.15) is 0 Å². The quantitative estimate of drug-likeness (QED) is 0.812. The number of aromatic hydroxyl groups is 1. The monoisotopic (exact) mass is 274 g/mol. The van der Waals surface area contributed by atoms with Crippen molar-refractivity contribution < 1.29 is 14.4 Å². The van der Waals surface area contributed by atoms with Crippen molar-refractivity contribution in [3.8, 4) is 5.75 Å². The molecule has 2 heterocycles. The Morgan fingerprint density at radius 3 is 2.80 bits per heavy atom. The minimum atomic E-state index is -0.317. The van der Waals surface area contributed by atoms with E-state index in [-0.39, 0.29) is 11.4 Å². The molecule has 1 aliphatic rings. The van der Waals surface area contributed by atoms with E-state index in [9.17, 15) is 9.90 Å². The van der Waals surface area contributed by atoms with E-state index in [0.29, 0.717) is 5.58 Å². The average molecular weight is 274 g/mol. The zero-order chi connectivity index (χ0) is 14.1. The second-order valence-corrected chi connectivity index (χ2v) is 5.88. The third kappa shape index (κ3) is 2.70. The van der Waals surface area contributed by atoms with Gasteiger partial charge in [0.2, 0.25) is 0 Å². The molecule has 1 fully saturated rings. The third-order valence-corrected chi connectivity index (χ3v) is 4.23. The lowest BCUT2D eigenvalue weighted by atomic mass is 9.98. The average Bonchev–Trinajstić information content (AvgIpc) is 2.42. The van der Waals surface area contributed by atoms with Gasteiger partial charge in [-0.15, -0.1) is 0 Å². The summed E-state index contributed by atoms with van der Waals surface area (Å²) >= 11 is 0. The molecule has 0 amide bonds. The standard InChI is InChI=1S/C16H19NO3/c1-11-4-6-17(7-5-11)10-12-8-16(19)20-15-3-2-13(18)9-14(12)15/h2-3,8-9,11,18H,4-7,10H2,1H3/p+1. The molecule has 0 saturated carbocycles. The Hall–Kier alpha value is -1.81. The lowest BCUT2D eigenvalue weighted by Crippen LogP contribution is -3.11. The molecule has 0 unspecified atom stereocenters. The van der Waals surface area contributed by atoms with E-state index >= 15 is 0 Å². The van der Waals surface area contributed by atoms with Gasteiger partial charge in [-0.3, -0.25) is 0 Å². The van der Waals surface area contributed by atoms with Crippen molar-refractivity contribution in [1.29, 1.82) is 0 Å². The van der Waals surface area contributed by atoms with Crippen molar-refractivity contribution >= 4 is 11.0 Å². The molecule has 3 rings (SSSR count). The fourth-order valence-corrected chi connectivity index (χ4v) is 2.98. The lowest BCUT2D eigenvalue weighted by molar-refractivity contribution is -0.919. The molecule has 2 aromatic rings. The minimum Gasteiger partial charge on any atom is -0.508 e. The van der Waals surface area contributed by atoms with E-state index in [0.717, 1.165) is 36.5 Å². The first kappa shape index (κ1) is 13.2. The van der Waals surface area contributed by atoms with Crippen LogP contribution in [0.4, 0.5) is 0 Å². The second-order valence-electron chi connectivity index (χ2n) is 5.88. The molecule has 20 heavy (non-hydrogen) atoms. The maximum absolute atomic E-state index is 11.6. The zero-order valence-corrected chi connectivity index (χ0v) is 11.7. The fourth-order valence-electron chi connectivity index (χ4n) is 2.98. The van der Waals surface area contributed by atoms with Gasteiger partial charge in [0.05, 0.1) is 13.1 Å². The summed E-state index contributed by atoms with van der Waals surface area (Å²) in [5.41, 5.74) is 1.20. The van der Waals surface area contributed by atoms with Crippen LogP contribution >= 0.6 is 0 Å². The molecule has 4 nitrogen and oxygen atoms in total. The maximum atomic E-state index is 11.6. The summed E-state index contributed by atoms with van der Waals surface area (Å²) in [5.74, 6) is 1.01. The van der Waals surface area contributed by atoms with Crippen molar-refractivity contribution in [2.75, 3.05) is 13.1 Å². The zero-order valence-electron chi connectivity index (χ0n) is 11.7. The van der Waals surface area contributed by atoms with Crippen LogP contribution in [-0.4, -0.2) is 18.2 Å². The molecule has 0 radical (unpaired) electrons. The van der Waals surface area contributed by atoms with Crippen LogP contribution in [0.25, 0.3) is 11.0 Å². The lowest BCUT2D eigenvalue weighted by Gasteiger charge is -2.27.